The van der Waals surface area contributed by atoms with E-state index in [1.807, 2.05) is 13.8 Å². The van der Waals surface area contributed by atoms with Gasteiger partial charge in [0.15, 0.2) is 0 Å². The number of carbonyl (C=O) groups excluding carboxylic acids is 1. The molecule has 1 fully saturated rings. The zero-order valence-corrected chi connectivity index (χ0v) is 10.8. The Balaban J connectivity index is 2.18. The highest BCUT2D eigenvalue weighted by Gasteiger charge is 2.47. The smallest absolute Gasteiger partial charge is 0.341 e. The lowest BCUT2D eigenvalue weighted by molar-refractivity contribution is -0.0511. The molecule has 5 heteroatoms. The first kappa shape index (κ1) is 12.8. The van der Waals surface area contributed by atoms with E-state index in [-0.39, 0.29) is 17.6 Å². The van der Waals surface area contributed by atoms with Crippen LogP contribution in [0.1, 0.15) is 30.6 Å². The molecule has 5 nitrogen and oxygen atoms in total. The number of ether oxygens (including phenoxy) is 1. The number of methoxy groups -OCH3 is 1. The fraction of sp³-hybridized carbons (Fsp3) is 0.538. The maximum atomic E-state index is 11.6. The molecule has 0 aromatic carbocycles. The Morgan fingerprint density at radius 1 is 1.61 bits per heavy atom. The average molecular weight is 250 g/mol. The minimum atomic E-state index is -0.414. The van der Waals surface area contributed by atoms with Gasteiger partial charge >= 0.3 is 5.97 Å². The molecule has 1 aromatic heterocycles. The number of nitrogens with zero attached hydrogens (tertiary/aromatic N) is 1. The zero-order valence-electron chi connectivity index (χ0n) is 10.8. The van der Waals surface area contributed by atoms with Crippen LogP contribution in [0.5, 0.6) is 0 Å². The van der Waals surface area contributed by atoms with Crippen LogP contribution in [0.25, 0.3) is 0 Å². The number of aliphatic hydroxyl groups is 1. The molecule has 0 saturated heterocycles. The molecular weight excluding hydrogens is 232 g/mol. The van der Waals surface area contributed by atoms with Gasteiger partial charge in [0.2, 0.25) is 0 Å². The Kier molecular flexibility index (Phi) is 3.26. The zero-order chi connectivity index (χ0) is 13.3. The summed E-state index contributed by atoms with van der Waals surface area (Å²) in [5, 5.41) is 12.9. The van der Waals surface area contributed by atoms with Gasteiger partial charge in [0, 0.05) is 17.7 Å². The van der Waals surface area contributed by atoms with Gasteiger partial charge in [-0.15, -0.1) is 0 Å². The van der Waals surface area contributed by atoms with E-state index in [4.69, 9.17) is 4.74 Å². The molecule has 1 aliphatic carbocycles. The van der Waals surface area contributed by atoms with Crippen molar-refractivity contribution in [1.29, 1.82) is 0 Å². The van der Waals surface area contributed by atoms with E-state index in [2.05, 4.69) is 10.3 Å². The SMILES string of the molecule is COC(=O)c1cccnc1NC1CC(O)C1(C)C. The van der Waals surface area contributed by atoms with Gasteiger partial charge in [-0.25, -0.2) is 9.78 Å². The van der Waals surface area contributed by atoms with Gasteiger partial charge in [-0.2, -0.15) is 0 Å². The predicted octanol–water partition coefficient (Wildman–Crippen LogP) is 1.44. The second-order valence-electron chi connectivity index (χ2n) is 5.16. The summed E-state index contributed by atoms with van der Waals surface area (Å²) in [4.78, 5) is 15.8. The van der Waals surface area contributed by atoms with E-state index in [0.717, 1.165) is 0 Å². The van der Waals surface area contributed by atoms with Gasteiger partial charge in [-0.3, -0.25) is 0 Å². The van der Waals surface area contributed by atoms with Crippen molar-refractivity contribution in [2.45, 2.75) is 32.4 Å². The van der Waals surface area contributed by atoms with Gasteiger partial charge in [0.1, 0.15) is 11.4 Å². The van der Waals surface area contributed by atoms with E-state index in [1.54, 1.807) is 18.3 Å². The Morgan fingerprint density at radius 2 is 2.33 bits per heavy atom. The summed E-state index contributed by atoms with van der Waals surface area (Å²) < 4.78 is 4.71. The summed E-state index contributed by atoms with van der Waals surface area (Å²) in [5.41, 5.74) is 0.197. The number of hydrogen-bond donors (Lipinski definition) is 2. The number of rotatable bonds is 3. The van der Waals surface area contributed by atoms with E-state index >= 15 is 0 Å². The summed E-state index contributed by atoms with van der Waals surface area (Å²) in [6.45, 7) is 3.97. The van der Waals surface area contributed by atoms with Crippen LogP contribution < -0.4 is 5.32 Å². The third-order valence-corrected chi connectivity index (χ3v) is 3.74. The van der Waals surface area contributed by atoms with Crippen LogP contribution in [0.3, 0.4) is 0 Å². The molecule has 2 atom stereocenters. The van der Waals surface area contributed by atoms with E-state index in [0.29, 0.717) is 17.8 Å². The molecule has 1 saturated carbocycles. The van der Waals surface area contributed by atoms with Crippen molar-refractivity contribution in [2.75, 3.05) is 12.4 Å². The fourth-order valence-corrected chi connectivity index (χ4v) is 2.11. The third-order valence-electron chi connectivity index (χ3n) is 3.74. The summed E-state index contributed by atoms with van der Waals surface area (Å²) >= 11 is 0. The summed E-state index contributed by atoms with van der Waals surface area (Å²) in [6, 6.07) is 3.47. The van der Waals surface area contributed by atoms with Crippen molar-refractivity contribution in [1.82, 2.24) is 4.98 Å². The molecule has 18 heavy (non-hydrogen) atoms. The van der Waals surface area contributed by atoms with Crippen LogP contribution in [-0.2, 0) is 4.74 Å². The topological polar surface area (TPSA) is 71.5 Å². The lowest BCUT2D eigenvalue weighted by atomic mass is 9.64. The number of aromatic nitrogens is 1. The van der Waals surface area contributed by atoms with E-state index < -0.39 is 5.97 Å². The second-order valence-corrected chi connectivity index (χ2v) is 5.16. The molecule has 0 amide bonds. The maximum absolute atomic E-state index is 11.6. The van der Waals surface area contributed by atoms with Gasteiger partial charge < -0.3 is 15.2 Å². The largest absolute Gasteiger partial charge is 0.465 e. The normalized spacial score (nSPS) is 25.1. The summed E-state index contributed by atoms with van der Waals surface area (Å²) in [7, 11) is 1.34. The molecule has 1 heterocycles. The first-order chi connectivity index (χ1) is 8.46. The minimum Gasteiger partial charge on any atom is -0.465 e. The predicted molar refractivity (Wildman–Crippen MR) is 67.4 cm³/mol. The molecule has 1 aromatic rings. The van der Waals surface area contributed by atoms with Crippen LogP contribution in [-0.4, -0.2) is 35.3 Å². The Bertz CT molecular complexity index is 459. The molecule has 0 radical (unpaired) electrons. The van der Waals surface area contributed by atoms with Crippen molar-refractivity contribution in [2.24, 2.45) is 5.41 Å². The van der Waals surface area contributed by atoms with Crippen molar-refractivity contribution in [3.05, 3.63) is 23.9 Å². The average Bonchev–Trinajstić information content (AvgIpc) is 2.38. The molecule has 0 bridgehead atoms. The Hall–Kier alpha value is -1.62. The molecule has 2 unspecified atom stereocenters. The van der Waals surface area contributed by atoms with E-state index in [1.165, 1.54) is 7.11 Å². The number of esters is 1. The van der Waals surface area contributed by atoms with Gasteiger partial charge in [0.05, 0.1) is 13.2 Å². The quantitative estimate of drug-likeness (QED) is 0.794. The highest BCUT2D eigenvalue weighted by Crippen LogP contribution is 2.42. The number of anilines is 1. The standard InChI is InChI=1S/C13H18N2O3/c1-13(2)9(7-10(13)16)15-11-8(12(17)18-3)5-4-6-14-11/h4-6,9-10,16H,7H2,1-3H3,(H,14,15). The first-order valence-electron chi connectivity index (χ1n) is 5.94. The van der Waals surface area contributed by atoms with Crippen molar-refractivity contribution in [3.8, 4) is 0 Å². The fourth-order valence-electron chi connectivity index (χ4n) is 2.11. The number of hydrogen-bond acceptors (Lipinski definition) is 5. The number of nitrogens with one attached hydrogen (secondary N) is 1. The van der Waals surface area contributed by atoms with Gasteiger partial charge in [-0.1, -0.05) is 13.8 Å². The van der Waals surface area contributed by atoms with Crippen LogP contribution >= 0.6 is 0 Å². The van der Waals surface area contributed by atoms with Crippen molar-refractivity contribution < 1.29 is 14.6 Å². The highest BCUT2D eigenvalue weighted by molar-refractivity contribution is 5.94. The number of carbonyl (C=O) groups is 1. The van der Waals surface area contributed by atoms with Crippen LogP contribution in [0.15, 0.2) is 18.3 Å². The highest BCUT2D eigenvalue weighted by atomic mass is 16.5. The van der Waals surface area contributed by atoms with Crippen LogP contribution in [0.4, 0.5) is 5.82 Å². The van der Waals surface area contributed by atoms with Gasteiger partial charge in [0.25, 0.3) is 0 Å². The lowest BCUT2D eigenvalue weighted by Crippen LogP contribution is -2.57. The molecule has 2 rings (SSSR count). The third kappa shape index (κ3) is 2.06. The molecule has 2 N–H and O–H groups in total. The molecular formula is C13H18N2O3. The van der Waals surface area contributed by atoms with Crippen molar-refractivity contribution in [3.63, 3.8) is 0 Å². The molecule has 0 aliphatic heterocycles. The van der Waals surface area contributed by atoms with Crippen LogP contribution in [0.2, 0.25) is 0 Å². The number of pyridine rings is 1. The second kappa shape index (κ2) is 4.57. The van der Waals surface area contributed by atoms with Crippen molar-refractivity contribution >= 4 is 11.8 Å². The molecule has 0 spiro atoms. The summed E-state index contributed by atoms with van der Waals surface area (Å²) in [5.74, 6) is 0.0950. The maximum Gasteiger partial charge on any atom is 0.341 e. The Morgan fingerprint density at radius 3 is 2.89 bits per heavy atom. The van der Waals surface area contributed by atoms with Gasteiger partial charge in [-0.05, 0) is 18.6 Å². The molecule has 98 valence electrons. The summed E-state index contributed by atoms with van der Waals surface area (Å²) in [6.07, 6.45) is 1.96. The molecule has 1 aliphatic rings. The monoisotopic (exact) mass is 250 g/mol. The Labute approximate surface area is 106 Å². The minimum absolute atomic E-state index is 0.103. The lowest BCUT2D eigenvalue weighted by Gasteiger charge is -2.49. The van der Waals surface area contributed by atoms with Crippen LogP contribution in [0, 0.1) is 5.41 Å². The van der Waals surface area contributed by atoms with E-state index in [9.17, 15) is 9.90 Å². The number of aliphatic hydroxyl groups excluding tert-OH is 1. The first-order valence-corrected chi connectivity index (χ1v) is 5.94.